The van der Waals surface area contributed by atoms with E-state index in [9.17, 15) is 0 Å². The molecule has 0 saturated carbocycles. The normalized spacial score (nSPS) is 9.53. The molecule has 6 rings (SSSR count). The molecular weight excluding hydrogens is 767 g/mol. The molecule has 0 aliphatic rings. The zero-order valence-corrected chi connectivity index (χ0v) is 28.6. The van der Waals surface area contributed by atoms with Crippen molar-refractivity contribution >= 4 is 54.5 Å². The second-order valence-corrected chi connectivity index (χ2v) is 12.1. The summed E-state index contributed by atoms with van der Waals surface area (Å²) in [6.45, 7) is 0. The van der Waals surface area contributed by atoms with Gasteiger partial charge in [-0.05, 0) is 125 Å². The lowest BCUT2D eigenvalue weighted by molar-refractivity contribution is 1.55. The second kappa shape index (κ2) is 17.3. The molecule has 6 aromatic rings. The summed E-state index contributed by atoms with van der Waals surface area (Å²) in [5, 5.41) is 0. The van der Waals surface area contributed by atoms with Crippen molar-refractivity contribution in [2.24, 2.45) is 0 Å². The minimum Gasteiger partial charge on any atom is -0.115 e. The fourth-order valence-electron chi connectivity index (χ4n) is 3.93. The molecule has 0 aromatic heterocycles. The van der Waals surface area contributed by atoms with Gasteiger partial charge in [-0.15, -0.1) is 6.42 Å². The van der Waals surface area contributed by atoms with E-state index in [4.69, 9.17) is 6.42 Å². The van der Waals surface area contributed by atoms with Gasteiger partial charge < -0.3 is 0 Å². The molecule has 0 fully saturated rings. The smallest absolute Gasteiger partial charge is 0.0391 e. The van der Waals surface area contributed by atoms with Crippen LogP contribution >= 0.6 is 54.5 Å². The van der Waals surface area contributed by atoms with Crippen molar-refractivity contribution in [3.8, 4) is 46.4 Å². The molecule has 0 amide bonds. The van der Waals surface area contributed by atoms with E-state index < -0.39 is 0 Å². The van der Waals surface area contributed by atoms with Crippen LogP contribution in [0.4, 0.5) is 0 Å². The van der Waals surface area contributed by atoms with Crippen molar-refractivity contribution in [1.82, 2.24) is 0 Å². The highest BCUT2D eigenvalue weighted by Gasteiger charge is 2.02. The maximum absolute atomic E-state index is 5.10. The average molecular weight is 794 g/mol. The Morgan fingerprint density at radius 2 is 0.884 bits per heavy atom. The molecule has 0 bridgehead atoms. The molecule has 3 heteroatoms. The molecule has 0 radical (unpaired) electrons. The molecule has 0 unspecified atom stereocenters. The molecule has 0 atom stereocenters. The van der Waals surface area contributed by atoms with Crippen LogP contribution in [-0.4, -0.2) is 0 Å². The van der Waals surface area contributed by atoms with Crippen LogP contribution in [0.5, 0.6) is 0 Å². The van der Waals surface area contributed by atoms with Gasteiger partial charge in [-0.1, -0.05) is 127 Å². The van der Waals surface area contributed by atoms with Crippen molar-refractivity contribution in [3.63, 3.8) is 0 Å². The standard InChI is InChI=1S/C20H13Br.C12H8BrI.C8H6/c21-20-15-19(17-9-5-2-6-10-17)14-13-18(20)12-11-16-7-3-1-4-8-16;13-11-8-10(6-7-12(11)14)9-4-2-1-3-5-9;1-2-8-6-4-3-5-7-8/h1-10,13-15H;1-8H;1,3-7H. The molecule has 0 aliphatic heterocycles. The van der Waals surface area contributed by atoms with Crippen molar-refractivity contribution in [2.75, 3.05) is 0 Å². The van der Waals surface area contributed by atoms with Gasteiger partial charge in [0.05, 0.1) is 0 Å². The van der Waals surface area contributed by atoms with Gasteiger partial charge in [0, 0.05) is 29.2 Å². The summed E-state index contributed by atoms with van der Waals surface area (Å²) < 4.78 is 3.41. The minimum absolute atomic E-state index is 0.938. The van der Waals surface area contributed by atoms with Crippen molar-refractivity contribution in [2.45, 2.75) is 0 Å². The zero-order chi connectivity index (χ0) is 30.3. The summed E-state index contributed by atoms with van der Waals surface area (Å²) in [4.78, 5) is 0. The Labute approximate surface area is 285 Å². The van der Waals surface area contributed by atoms with Gasteiger partial charge in [-0.2, -0.15) is 0 Å². The van der Waals surface area contributed by atoms with Crippen molar-refractivity contribution in [3.05, 3.63) is 187 Å². The first-order valence-electron chi connectivity index (χ1n) is 13.5. The summed E-state index contributed by atoms with van der Waals surface area (Å²) in [7, 11) is 0. The molecule has 0 spiro atoms. The minimum atomic E-state index is 0.938. The van der Waals surface area contributed by atoms with Crippen LogP contribution in [0.2, 0.25) is 0 Å². The predicted molar refractivity (Wildman–Crippen MR) is 199 cm³/mol. The highest BCUT2D eigenvalue weighted by molar-refractivity contribution is 14.1. The van der Waals surface area contributed by atoms with Gasteiger partial charge >= 0.3 is 0 Å². The Kier molecular flexibility index (Phi) is 12.9. The Balaban J connectivity index is 0.000000165. The maximum Gasteiger partial charge on any atom is 0.0391 e. The van der Waals surface area contributed by atoms with E-state index in [-0.39, 0.29) is 0 Å². The SMILES string of the molecule is Brc1cc(-c2ccccc2)ccc1C#Cc1ccccc1.Brc1cc(-c2ccccc2)ccc1I.C#Cc1ccccc1. The van der Waals surface area contributed by atoms with Crippen LogP contribution in [0, 0.1) is 27.8 Å². The number of terminal acetylenes is 1. The maximum atomic E-state index is 5.10. The Bertz CT molecular complexity index is 1830. The van der Waals surface area contributed by atoms with Crippen LogP contribution in [0.1, 0.15) is 16.7 Å². The fraction of sp³-hybridized carbons (Fsp3) is 0. The predicted octanol–water partition coefficient (Wildman–Crippen LogP) is 11.9. The highest BCUT2D eigenvalue weighted by Crippen LogP contribution is 2.27. The quantitative estimate of drug-likeness (QED) is 0.121. The molecule has 6 aromatic carbocycles. The summed E-state index contributed by atoms with van der Waals surface area (Å²) in [6, 6.07) is 53.0. The van der Waals surface area contributed by atoms with Gasteiger partial charge in [0.25, 0.3) is 0 Å². The van der Waals surface area contributed by atoms with E-state index in [0.717, 1.165) is 25.6 Å². The van der Waals surface area contributed by atoms with Crippen molar-refractivity contribution < 1.29 is 0 Å². The molecule has 0 aliphatic carbocycles. The molecule has 208 valence electrons. The molecular formula is C40H27Br2I. The van der Waals surface area contributed by atoms with E-state index >= 15 is 0 Å². The first-order valence-corrected chi connectivity index (χ1v) is 16.1. The molecule has 43 heavy (non-hydrogen) atoms. The van der Waals surface area contributed by atoms with Crippen LogP contribution < -0.4 is 0 Å². The number of rotatable bonds is 2. The molecule has 0 N–H and O–H groups in total. The van der Waals surface area contributed by atoms with Crippen LogP contribution in [-0.2, 0) is 0 Å². The largest absolute Gasteiger partial charge is 0.115 e. The van der Waals surface area contributed by atoms with Gasteiger partial charge in [0.2, 0.25) is 0 Å². The average Bonchev–Trinajstić information content (AvgIpc) is 3.07. The Morgan fingerprint density at radius 1 is 0.442 bits per heavy atom. The lowest BCUT2D eigenvalue weighted by Crippen LogP contribution is -1.82. The third-order valence-electron chi connectivity index (χ3n) is 6.16. The molecule has 0 nitrogen and oxygen atoms in total. The molecule has 0 heterocycles. The lowest BCUT2D eigenvalue weighted by Gasteiger charge is -2.03. The number of hydrogen-bond donors (Lipinski definition) is 0. The summed E-state index contributed by atoms with van der Waals surface area (Å²) in [6.07, 6.45) is 5.10. The third-order valence-corrected chi connectivity index (χ3v) is 9.15. The summed E-state index contributed by atoms with van der Waals surface area (Å²) >= 11 is 9.46. The monoisotopic (exact) mass is 792 g/mol. The Morgan fingerprint density at radius 3 is 1.33 bits per heavy atom. The summed E-state index contributed by atoms with van der Waals surface area (Å²) in [5.41, 5.74) is 7.86. The highest BCUT2D eigenvalue weighted by atomic mass is 127. The third kappa shape index (κ3) is 10.4. The number of halogens is 3. The van der Waals surface area contributed by atoms with Gasteiger partial charge in [0.1, 0.15) is 0 Å². The Hall–Kier alpha value is -3.87. The van der Waals surface area contributed by atoms with Crippen LogP contribution in [0.25, 0.3) is 22.3 Å². The van der Waals surface area contributed by atoms with E-state index in [1.54, 1.807) is 0 Å². The molecule has 0 saturated heterocycles. The van der Waals surface area contributed by atoms with Crippen molar-refractivity contribution in [1.29, 1.82) is 0 Å². The van der Waals surface area contributed by atoms with Crippen LogP contribution in [0.3, 0.4) is 0 Å². The summed E-state index contributed by atoms with van der Waals surface area (Å²) in [5.74, 6) is 8.92. The zero-order valence-electron chi connectivity index (χ0n) is 23.2. The van der Waals surface area contributed by atoms with Gasteiger partial charge in [0.15, 0.2) is 0 Å². The number of hydrogen-bond acceptors (Lipinski definition) is 0. The van der Waals surface area contributed by atoms with Gasteiger partial charge in [-0.25, -0.2) is 0 Å². The second-order valence-electron chi connectivity index (χ2n) is 9.18. The lowest BCUT2D eigenvalue weighted by atomic mass is 10.0. The first-order chi connectivity index (χ1) is 21.0. The fourth-order valence-corrected chi connectivity index (χ4v) is 5.12. The van der Waals surface area contributed by atoms with E-state index in [1.807, 2.05) is 84.9 Å². The first kappa shape index (κ1) is 32.1. The number of benzene rings is 6. The van der Waals surface area contributed by atoms with E-state index in [2.05, 4.69) is 145 Å². The van der Waals surface area contributed by atoms with Gasteiger partial charge in [-0.3, -0.25) is 0 Å². The van der Waals surface area contributed by atoms with E-state index in [0.29, 0.717) is 0 Å². The van der Waals surface area contributed by atoms with E-state index in [1.165, 1.54) is 25.8 Å². The topological polar surface area (TPSA) is 0 Å². The van der Waals surface area contributed by atoms with Crippen LogP contribution in [0.15, 0.2) is 167 Å².